The predicted octanol–water partition coefficient (Wildman–Crippen LogP) is 6.55. The predicted molar refractivity (Wildman–Crippen MR) is 197 cm³/mol. The number of carbonyl (C=O) groups excluding carboxylic acids is 4. The van der Waals surface area contributed by atoms with Crippen LogP contribution in [0.1, 0.15) is 93.7 Å². The Hall–Kier alpha value is -5.39. The minimum Gasteiger partial charge on any atom is -0.507 e. The van der Waals surface area contributed by atoms with E-state index in [9.17, 15) is 29.1 Å². The Kier molecular flexibility index (Phi) is 12.6. The molecule has 0 atom stereocenters. The number of nitrogens with zero attached hydrogens (tertiary/aromatic N) is 2. The number of likely N-dealkylation sites (N-methyl/N-ethyl adjacent to an activating group) is 2. The van der Waals surface area contributed by atoms with Crippen molar-refractivity contribution < 1.29 is 42.9 Å². The van der Waals surface area contributed by atoms with Crippen molar-refractivity contribution in [2.75, 3.05) is 44.2 Å². The fourth-order valence-electron chi connectivity index (χ4n) is 6.59. The SMILES string of the molecule is CCN1c2cc(O)c(C=O)cc2C(C)=CC1(C)C.CCN1c2cc3oc(=O)c(C(=O)OC)cc3cc2C(C)=CC1(C)C.COC(=O)CC(=O)OC. The van der Waals surface area contributed by atoms with E-state index in [0.717, 1.165) is 46.7 Å². The normalized spacial score (nSPS) is 15.0. The van der Waals surface area contributed by atoms with Crippen molar-refractivity contribution in [1.29, 1.82) is 0 Å². The summed E-state index contributed by atoms with van der Waals surface area (Å²) >= 11 is 0. The fraction of sp³-hybridized carbons (Fsp3) is 0.410. The molecule has 2 aliphatic rings. The summed E-state index contributed by atoms with van der Waals surface area (Å²) in [6.45, 7) is 18.6. The first-order valence-corrected chi connectivity index (χ1v) is 16.5. The maximum absolute atomic E-state index is 12.1. The Bertz CT molecular complexity index is 1940. The van der Waals surface area contributed by atoms with Crippen LogP contribution in [0.5, 0.6) is 5.75 Å². The average molecular weight is 705 g/mol. The van der Waals surface area contributed by atoms with Crippen molar-refractivity contribution in [3.8, 4) is 5.75 Å². The summed E-state index contributed by atoms with van der Waals surface area (Å²) in [7, 11) is 3.67. The highest BCUT2D eigenvalue weighted by atomic mass is 16.5. The molecule has 0 radical (unpaired) electrons. The second-order valence-electron chi connectivity index (χ2n) is 13.2. The van der Waals surface area contributed by atoms with Gasteiger partial charge in [-0.25, -0.2) is 9.59 Å². The molecule has 2 aliphatic heterocycles. The number of phenolic OH excluding ortho intramolecular Hbond substituents is 1. The Morgan fingerprint density at radius 2 is 1.27 bits per heavy atom. The standard InChI is InChI=1S/C19H21NO4.C15H19NO2.C5H8O4/c1-6-20-15-9-16-12(7-13(15)11(2)10-19(20,3)4)8-14(17(21)23-5)18(22)24-16;1-5-16-13-7-14(18)11(9-17)6-12(13)10(2)8-15(16,3)4;1-8-4(6)3-5(7)9-2/h7-10H,6H2,1-5H3;6-9,18H,5H2,1-4H3;3H2,1-2H3. The van der Waals surface area contributed by atoms with E-state index in [-0.39, 0.29) is 28.8 Å². The van der Waals surface area contributed by atoms with Gasteiger partial charge < -0.3 is 33.5 Å². The lowest BCUT2D eigenvalue weighted by Gasteiger charge is -2.42. The topological polar surface area (TPSA) is 153 Å². The van der Waals surface area contributed by atoms with Gasteiger partial charge in [0.1, 0.15) is 23.3 Å². The number of rotatable bonds is 6. The second kappa shape index (κ2) is 16.1. The number of ether oxygens (including phenoxy) is 3. The summed E-state index contributed by atoms with van der Waals surface area (Å²) in [5.74, 6) is -1.80. The molecule has 1 N–H and O–H groups in total. The van der Waals surface area contributed by atoms with Crippen LogP contribution in [0.15, 0.2) is 51.7 Å². The van der Waals surface area contributed by atoms with Crippen LogP contribution in [0.3, 0.4) is 0 Å². The molecular formula is C39H48N2O10. The lowest BCUT2D eigenvalue weighted by atomic mass is 9.88. The molecule has 0 amide bonds. The zero-order chi connectivity index (χ0) is 38.4. The van der Waals surface area contributed by atoms with Crippen LogP contribution in [0.4, 0.5) is 11.4 Å². The largest absolute Gasteiger partial charge is 0.507 e. The third-order valence-electron chi connectivity index (χ3n) is 8.87. The number of benzene rings is 2. The highest BCUT2D eigenvalue weighted by Gasteiger charge is 2.32. The molecule has 2 aromatic carbocycles. The number of aldehydes is 1. The zero-order valence-electron chi connectivity index (χ0n) is 31.3. The van der Waals surface area contributed by atoms with Gasteiger partial charge in [-0.3, -0.25) is 14.4 Å². The van der Waals surface area contributed by atoms with E-state index in [0.29, 0.717) is 22.8 Å². The Morgan fingerprint density at radius 3 is 1.73 bits per heavy atom. The third kappa shape index (κ3) is 8.68. The molecule has 0 spiro atoms. The number of fused-ring (bicyclic) bond motifs is 3. The van der Waals surface area contributed by atoms with Crippen LogP contribution >= 0.6 is 0 Å². The van der Waals surface area contributed by atoms with Gasteiger partial charge in [0.2, 0.25) is 0 Å². The molecule has 0 bridgehead atoms. The van der Waals surface area contributed by atoms with Crippen LogP contribution in [-0.4, -0.2) is 74.8 Å². The minimum absolute atomic E-state index is 0.0488. The number of allylic oxidation sites excluding steroid dienone is 2. The molecule has 12 nitrogen and oxygen atoms in total. The van der Waals surface area contributed by atoms with Gasteiger partial charge in [-0.1, -0.05) is 12.2 Å². The Morgan fingerprint density at radius 1 is 0.784 bits per heavy atom. The van der Waals surface area contributed by atoms with Crippen LogP contribution in [-0.2, 0) is 23.8 Å². The lowest BCUT2D eigenvalue weighted by Crippen LogP contribution is -2.44. The Balaban J connectivity index is 0.000000229. The van der Waals surface area contributed by atoms with E-state index in [1.165, 1.54) is 27.4 Å². The van der Waals surface area contributed by atoms with Crippen molar-refractivity contribution >= 4 is 57.7 Å². The van der Waals surface area contributed by atoms with E-state index in [1.807, 2.05) is 19.1 Å². The highest BCUT2D eigenvalue weighted by Crippen LogP contribution is 2.42. The third-order valence-corrected chi connectivity index (χ3v) is 8.87. The smallest absolute Gasteiger partial charge is 0.351 e. The second-order valence-corrected chi connectivity index (χ2v) is 13.2. The molecule has 51 heavy (non-hydrogen) atoms. The number of anilines is 2. The van der Waals surface area contributed by atoms with Gasteiger partial charge in [0.25, 0.3) is 0 Å². The van der Waals surface area contributed by atoms with Crippen LogP contribution in [0, 0.1) is 0 Å². The molecule has 0 fully saturated rings. The number of phenols is 1. The quantitative estimate of drug-likeness (QED) is 0.0973. The van der Waals surface area contributed by atoms with Crippen molar-refractivity contribution in [3.05, 3.63) is 75.2 Å². The first-order chi connectivity index (χ1) is 23.9. The van der Waals surface area contributed by atoms with Gasteiger partial charge in [-0.15, -0.1) is 0 Å². The first-order valence-electron chi connectivity index (χ1n) is 16.5. The number of esters is 3. The lowest BCUT2D eigenvalue weighted by molar-refractivity contribution is -0.151. The molecule has 0 saturated carbocycles. The number of aromatic hydroxyl groups is 1. The first kappa shape index (κ1) is 40.0. The summed E-state index contributed by atoms with van der Waals surface area (Å²) < 4.78 is 18.4. The molecular weight excluding hydrogens is 656 g/mol. The van der Waals surface area contributed by atoms with E-state index in [4.69, 9.17) is 4.42 Å². The number of hydrogen-bond donors (Lipinski definition) is 1. The van der Waals surface area contributed by atoms with E-state index in [1.54, 1.807) is 12.1 Å². The molecule has 3 aromatic rings. The summed E-state index contributed by atoms with van der Waals surface area (Å²) in [5.41, 5.74) is 6.27. The van der Waals surface area contributed by atoms with Gasteiger partial charge in [0.15, 0.2) is 6.29 Å². The number of methoxy groups -OCH3 is 3. The van der Waals surface area contributed by atoms with E-state index in [2.05, 4.69) is 84.6 Å². The highest BCUT2D eigenvalue weighted by molar-refractivity contribution is 5.96. The number of hydrogen-bond acceptors (Lipinski definition) is 12. The number of carbonyl (C=O) groups is 4. The molecule has 5 rings (SSSR count). The summed E-state index contributed by atoms with van der Waals surface area (Å²) in [6.07, 6.45) is 4.81. The van der Waals surface area contributed by atoms with Gasteiger partial charge in [0.05, 0.1) is 38.0 Å². The average Bonchev–Trinajstić information content (AvgIpc) is 3.06. The van der Waals surface area contributed by atoms with Crippen LogP contribution < -0.4 is 15.4 Å². The van der Waals surface area contributed by atoms with E-state index < -0.39 is 23.5 Å². The van der Waals surface area contributed by atoms with Crippen molar-refractivity contribution in [2.24, 2.45) is 0 Å². The molecule has 0 saturated heterocycles. The summed E-state index contributed by atoms with van der Waals surface area (Å²) in [6, 6.07) is 8.84. The van der Waals surface area contributed by atoms with Crippen molar-refractivity contribution in [1.82, 2.24) is 0 Å². The van der Waals surface area contributed by atoms with E-state index >= 15 is 0 Å². The Labute approximate surface area is 298 Å². The molecule has 1 aromatic heterocycles. The summed E-state index contributed by atoms with van der Waals surface area (Å²) in [4.78, 5) is 59.7. The zero-order valence-corrected chi connectivity index (χ0v) is 31.3. The van der Waals surface area contributed by atoms with Gasteiger partial charge in [-0.2, -0.15) is 0 Å². The van der Waals surface area contributed by atoms with Crippen molar-refractivity contribution in [3.63, 3.8) is 0 Å². The van der Waals surface area contributed by atoms with Gasteiger partial charge in [-0.05, 0) is 84.7 Å². The van der Waals surface area contributed by atoms with Gasteiger partial charge in [0, 0.05) is 53.1 Å². The molecule has 274 valence electrons. The molecule has 0 unspecified atom stereocenters. The molecule has 12 heteroatoms. The maximum atomic E-state index is 12.1. The van der Waals surface area contributed by atoms with Gasteiger partial charge >= 0.3 is 23.5 Å². The monoisotopic (exact) mass is 704 g/mol. The fourth-order valence-corrected chi connectivity index (χ4v) is 6.59. The minimum atomic E-state index is -0.688. The molecule has 0 aliphatic carbocycles. The molecule has 3 heterocycles. The van der Waals surface area contributed by atoms with Crippen LogP contribution in [0.2, 0.25) is 0 Å². The summed E-state index contributed by atoms with van der Waals surface area (Å²) in [5, 5.41) is 10.6. The maximum Gasteiger partial charge on any atom is 0.351 e. The van der Waals surface area contributed by atoms with Crippen LogP contribution in [0.25, 0.3) is 22.1 Å². The van der Waals surface area contributed by atoms with Crippen molar-refractivity contribution in [2.45, 2.75) is 72.9 Å².